The first kappa shape index (κ1) is 90.2. The molecule has 0 spiro atoms. The van der Waals surface area contributed by atoms with Crippen molar-refractivity contribution in [2.75, 3.05) is 52.4 Å². The van der Waals surface area contributed by atoms with Gasteiger partial charge in [0.15, 0.2) is 6.10 Å². The van der Waals surface area contributed by atoms with E-state index in [4.69, 9.17) is 21.9 Å². The number of unbranched alkanes of at least 4 members (excludes halogenated alkanes) is 10. The van der Waals surface area contributed by atoms with Gasteiger partial charge in [0.05, 0.1) is 49.6 Å². The van der Waals surface area contributed by atoms with Crippen LogP contribution in [0.1, 0.15) is 163 Å². The molecule has 3 heterocycles. The van der Waals surface area contributed by atoms with Crippen LogP contribution in [0.25, 0.3) is 0 Å². The monoisotopic (exact) mass is 1500 g/mol. The number of ether oxygens (including phenoxy) is 1. The number of hydrogen-bond acceptors (Lipinski definition) is 24. The highest BCUT2D eigenvalue weighted by molar-refractivity contribution is 6.00. The second kappa shape index (κ2) is 45.4. The van der Waals surface area contributed by atoms with Crippen LogP contribution < -0.4 is 65.1 Å². The van der Waals surface area contributed by atoms with Gasteiger partial charge in [-0.1, -0.05) is 97.1 Å². The molecule has 0 bridgehead atoms. The van der Waals surface area contributed by atoms with Crippen LogP contribution in [0.3, 0.4) is 0 Å². The number of fused-ring (bicyclic) bond motifs is 2. The molecule has 36 heteroatoms. The number of cyclic esters (lactones) is 1. The number of carbonyl (C=O) groups excluding carboxylic acids is 13. The summed E-state index contributed by atoms with van der Waals surface area (Å²) in [6.07, 6.45) is -4.45. The Morgan fingerprint density at radius 2 is 1.10 bits per heavy atom. The topological polar surface area (TPSA) is 569 Å². The van der Waals surface area contributed by atoms with Gasteiger partial charge in [0, 0.05) is 52.1 Å². The van der Waals surface area contributed by atoms with Crippen molar-refractivity contribution < 1.29 is 103 Å². The summed E-state index contributed by atoms with van der Waals surface area (Å²) in [6, 6.07) is -12.3. The van der Waals surface area contributed by atoms with Gasteiger partial charge >= 0.3 is 5.97 Å². The predicted octanol–water partition coefficient (Wildman–Crippen LogP) is -5.47. The van der Waals surface area contributed by atoms with E-state index in [1.807, 2.05) is 4.90 Å². The Hall–Kier alpha value is -8.23. The molecule has 3 saturated heterocycles. The molecule has 0 saturated carbocycles. The van der Waals surface area contributed by atoms with Gasteiger partial charge < -0.3 is 120 Å². The van der Waals surface area contributed by atoms with E-state index in [1.165, 1.54) is 45.0 Å². The zero-order valence-corrected chi connectivity index (χ0v) is 62.0. The van der Waals surface area contributed by atoms with E-state index in [2.05, 4.69) is 54.8 Å². The van der Waals surface area contributed by atoms with Gasteiger partial charge in [-0.05, 0) is 90.0 Å². The molecule has 3 aliphatic heterocycles. The Morgan fingerprint density at radius 3 is 1.67 bits per heavy atom. The average Bonchev–Trinajstić information content (AvgIpc) is 1.63. The first-order valence-corrected chi connectivity index (χ1v) is 36.9. The third-order valence-electron chi connectivity index (χ3n) is 18.8. The van der Waals surface area contributed by atoms with Crippen LogP contribution in [-0.2, 0) is 73.5 Å². The number of nitrogens with one attached hydrogen (secondary N) is 9. The number of primary amides is 1. The second-order valence-corrected chi connectivity index (χ2v) is 28.2. The lowest BCUT2D eigenvalue weighted by molar-refractivity contribution is -0.160. The number of aliphatic hydroxyl groups excluding tert-OH is 6. The summed E-state index contributed by atoms with van der Waals surface area (Å²) in [5.74, 6) is -15.9. The number of nitrogens with two attached hydrogens (primary N) is 3. The Morgan fingerprint density at radius 1 is 0.575 bits per heavy atom. The van der Waals surface area contributed by atoms with Crippen LogP contribution in [0.15, 0.2) is 24.3 Å². The van der Waals surface area contributed by atoms with E-state index in [0.717, 1.165) is 88.4 Å². The van der Waals surface area contributed by atoms with Crippen molar-refractivity contribution >= 4 is 76.9 Å². The summed E-state index contributed by atoms with van der Waals surface area (Å²) < 4.78 is 5.96. The van der Waals surface area contributed by atoms with Gasteiger partial charge in [0.2, 0.25) is 65.0 Å². The summed E-state index contributed by atoms with van der Waals surface area (Å²) in [5, 5.41) is 98.4. The molecule has 4 rings (SSSR count). The molecular formula is C70H117N15O21. The molecule has 17 atom stereocenters. The third kappa shape index (κ3) is 28.8. The highest BCUT2D eigenvalue weighted by atomic mass is 16.5. The molecule has 1 aromatic carbocycles. The summed E-state index contributed by atoms with van der Waals surface area (Å²) in [4.78, 5) is 189. The van der Waals surface area contributed by atoms with Gasteiger partial charge in [0.25, 0.3) is 5.91 Å². The van der Waals surface area contributed by atoms with Crippen molar-refractivity contribution in [3.8, 4) is 5.75 Å². The molecule has 12 amide bonds. The largest absolute Gasteiger partial charge is 0.508 e. The van der Waals surface area contributed by atoms with E-state index in [1.54, 1.807) is 0 Å². The van der Waals surface area contributed by atoms with Crippen LogP contribution in [-0.4, -0.2) is 283 Å². The van der Waals surface area contributed by atoms with Crippen LogP contribution in [0, 0.1) is 5.92 Å². The number of nitrogens with zero attached hydrogens (tertiary/aromatic N) is 3. The molecule has 22 N–H and O–H groups in total. The van der Waals surface area contributed by atoms with Gasteiger partial charge in [-0.15, -0.1) is 0 Å². The van der Waals surface area contributed by atoms with Crippen molar-refractivity contribution in [1.29, 1.82) is 0 Å². The Labute approximate surface area is 618 Å². The zero-order valence-electron chi connectivity index (χ0n) is 62.0. The molecule has 1 aromatic rings. The second-order valence-electron chi connectivity index (χ2n) is 28.2. The summed E-state index contributed by atoms with van der Waals surface area (Å²) in [6.45, 7) is 9.29. The fourth-order valence-corrected chi connectivity index (χ4v) is 12.8. The van der Waals surface area contributed by atoms with Crippen molar-refractivity contribution in [3.05, 3.63) is 29.8 Å². The maximum Gasteiger partial charge on any atom is 0.329 e. The molecule has 3 aliphatic rings. The summed E-state index contributed by atoms with van der Waals surface area (Å²) in [5.41, 5.74) is 17.5. The Kier molecular flexibility index (Phi) is 38.6. The van der Waals surface area contributed by atoms with Crippen LogP contribution >= 0.6 is 0 Å². The van der Waals surface area contributed by atoms with Crippen LogP contribution in [0.4, 0.5) is 0 Å². The molecule has 36 nitrogen and oxygen atoms in total. The first-order valence-electron chi connectivity index (χ1n) is 36.9. The quantitative estimate of drug-likeness (QED) is 0.0263. The number of phenols is 1. The standard InChI is InChI=1S/C70H117N15O21/c1-8-9-10-11-12-13-14-15-16-17-18-21-51-63(98)80-56(41(6)87)65(100)75-39(4)60(95)77-47(33-43-22-24-44(89)25-23-43)61(96)79-54(38(2)3)68(103)85-37-45(90)34-48(85)62(97)81-57(42(7)88)69(104)84-30-26-49(91)59(84)67(102)82-58(50(92)35-52(73)93)64(99)74-36-53(94)78-55(40(5)86)66(101)76-46(70(105)106-51)20-19-29-83(31-27-71)32-28-72/h22-25,38-42,45-51,54-59,86-92H,8-21,26-37,71-72H2,1-7H3,(H2,73,93)(H,74,99)(H,75,100)(H,76,101)(H,77,95)(H,78,94)(H,79,96)(H,80,98)(H,81,97)(H,82,102)/t39-,40-,41-,42-,45-,46+,47+,48+,49+,50-,51-,54+,55-,56+,57+,58+,59-/m1/s1. The lowest BCUT2D eigenvalue weighted by Crippen LogP contribution is -2.63. The molecule has 0 aromatic heterocycles. The predicted molar refractivity (Wildman–Crippen MR) is 383 cm³/mol. The van der Waals surface area contributed by atoms with Gasteiger partial charge in [-0.3, -0.25) is 57.5 Å². The van der Waals surface area contributed by atoms with E-state index < -0.39 is 218 Å². The molecule has 3 fully saturated rings. The highest BCUT2D eigenvalue weighted by Gasteiger charge is 2.49. The molecule has 106 heavy (non-hydrogen) atoms. The maximum absolute atomic E-state index is 14.8. The Bertz CT molecular complexity index is 3070. The smallest absolute Gasteiger partial charge is 0.329 e. The minimum absolute atomic E-state index is 0.141. The average molecular weight is 1500 g/mol. The number of benzene rings is 1. The van der Waals surface area contributed by atoms with Crippen molar-refractivity contribution in [2.45, 2.75) is 267 Å². The molecule has 0 aliphatic carbocycles. The fourth-order valence-electron chi connectivity index (χ4n) is 12.8. The number of carbonyl (C=O) groups is 13. The van der Waals surface area contributed by atoms with Crippen molar-refractivity contribution in [3.63, 3.8) is 0 Å². The van der Waals surface area contributed by atoms with E-state index in [0.29, 0.717) is 25.1 Å². The van der Waals surface area contributed by atoms with Crippen LogP contribution in [0.5, 0.6) is 5.75 Å². The van der Waals surface area contributed by atoms with E-state index in [-0.39, 0.29) is 63.9 Å². The van der Waals surface area contributed by atoms with E-state index in [9.17, 15) is 98.1 Å². The zero-order chi connectivity index (χ0) is 79.1. The third-order valence-corrected chi connectivity index (χ3v) is 18.8. The number of amides is 12. The number of aromatic hydroxyl groups is 1. The fraction of sp³-hybridized carbons (Fsp3) is 0.729. The number of hydrogen-bond donors (Lipinski definition) is 19. The van der Waals surface area contributed by atoms with Crippen molar-refractivity contribution in [1.82, 2.24) is 62.6 Å². The first-order chi connectivity index (χ1) is 50.1. The van der Waals surface area contributed by atoms with Gasteiger partial charge in [-0.2, -0.15) is 0 Å². The molecular weight excluding hydrogens is 1390 g/mol. The minimum atomic E-state index is -2.20. The van der Waals surface area contributed by atoms with Gasteiger partial charge in [0.1, 0.15) is 66.2 Å². The number of esters is 1. The van der Waals surface area contributed by atoms with Crippen molar-refractivity contribution in [2.24, 2.45) is 23.1 Å². The number of rotatable bonds is 29. The number of aliphatic hydroxyl groups is 6. The lowest BCUT2D eigenvalue weighted by Gasteiger charge is -2.34. The molecule has 598 valence electrons. The maximum atomic E-state index is 14.8. The summed E-state index contributed by atoms with van der Waals surface area (Å²) >= 11 is 0. The lowest BCUT2D eigenvalue weighted by atomic mass is 9.99. The van der Waals surface area contributed by atoms with E-state index >= 15 is 0 Å². The Balaban J connectivity index is 1.84. The SMILES string of the molecule is CCCCCCCCCCCCC[C@H]1OC(=O)[C@H](CCCN(CCN)CCN)NC(=O)[C@@H]([C@@H](C)O)NC(=O)CNC(=O)[C@H]([C@H](O)CC(N)=O)NC(=O)[C@H]2[C@@H](O)CCN2C(=O)[C@H]([C@@H](C)O)NC(=O)[C@@H]2C[C@@H](O)CN2C(=O)[C@H](C(C)C)NC(=O)[C@H](Cc2ccc(O)cc2)NC(=O)[C@@H](C)NC(=O)[C@H]([C@@H](C)O)NC1=O. The van der Waals surface area contributed by atoms with Crippen LogP contribution in [0.2, 0.25) is 0 Å². The normalized spacial score (nSPS) is 27.1. The highest BCUT2D eigenvalue weighted by Crippen LogP contribution is 2.25. The minimum Gasteiger partial charge on any atom is -0.508 e. The summed E-state index contributed by atoms with van der Waals surface area (Å²) in [7, 11) is 0. The van der Waals surface area contributed by atoms with Gasteiger partial charge in [-0.25, -0.2) is 4.79 Å². The number of phenolic OH excluding ortho intramolecular Hbond substituents is 1. The molecule has 0 radical (unpaired) electrons. The molecule has 0 unspecified atom stereocenters.